The number of carbonyl (C=O) groups excluding carboxylic acids is 2. The molecule has 11 heteroatoms. The Balaban J connectivity index is 1.76. The maximum Gasteiger partial charge on any atom is 0.352 e. The minimum atomic E-state index is -1.22. The van der Waals surface area contributed by atoms with Gasteiger partial charge < -0.3 is 10.4 Å². The maximum atomic E-state index is 12.5. The number of hydrogen-bond acceptors (Lipinski definition) is 5. The van der Waals surface area contributed by atoms with Gasteiger partial charge in [-0.2, -0.15) is 12.6 Å². The minimum Gasteiger partial charge on any atom is -0.477 e. The fourth-order valence-corrected chi connectivity index (χ4v) is 5.33. The number of fused-ring (bicyclic) bond motifs is 1. The molecule has 2 heterocycles. The molecular formula is C16H13Cl3N2O4S2. The third-order valence-electron chi connectivity index (χ3n) is 4.21. The highest BCUT2D eigenvalue weighted by atomic mass is 35.5. The van der Waals surface area contributed by atoms with E-state index in [4.69, 9.17) is 34.8 Å². The number of rotatable bonds is 5. The zero-order valence-electron chi connectivity index (χ0n) is 13.5. The van der Waals surface area contributed by atoms with Gasteiger partial charge in [-0.1, -0.05) is 23.2 Å². The van der Waals surface area contributed by atoms with Crippen LogP contribution in [-0.2, 0) is 14.4 Å². The fraction of sp³-hybridized carbons (Fsp3) is 0.312. The second-order valence-electron chi connectivity index (χ2n) is 5.86. The summed E-state index contributed by atoms with van der Waals surface area (Å²) in [5, 5.41) is 11.3. The van der Waals surface area contributed by atoms with Crippen LogP contribution in [0.1, 0.15) is 10.8 Å². The summed E-state index contributed by atoms with van der Waals surface area (Å²) in [6.45, 7) is 0. The lowest BCUT2D eigenvalue weighted by Crippen LogP contribution is -2.70. The summed E-state index contributed by atoms with van der Waals surface area (Å²) in [7, 11) is 0. The van der Waals surface area contributed by atoms with Gasteiger partial charge >= 0.3 is 5.97 Å². The normalized spacial score (nSPS) is 22.8. The number of carbonyl (C=O) groups is 3. The molecule has 0 bridgehead atoms. The van der Waals surface area contributed by atoms with Crippen LogP contribution in [0.3, 0.4) is 0 Å². The predicted octanol–water partition coefficient (Wildman–Crippen LogP) is 2.94. The van der Waals surface area contributed by atoms with Gasteiger partial charge in [0.05, 0.1) is 0 Å². The van der Waals surface area contributed by atoms with E-state index in [1.54, 1.807) is 12.1 Å². The molecule has 0 aliphatic carbocycles. The number of nitrogens with one attached hydrogen (secondary N) is 1. The predicted molar refractivity (Wildman–Crippen MR) is 109 cm³/mol. The van der Waals surface area contributed by atoms with Crippen molar-refractivity contribution in [1.82, 2.24) is 10.2 Å². The Morgan fingerprint density at radius 1 is 1.41 bits per heavy atom. The molecule has 0 radical (unpaired) electrons. The highest BCUT2D eigenvalue weighted by Gasteiger charge is 2.54. The van der Waals surface area contributed by atoms with E-state index in [2.05, 4.69) is 17.9 Å². The van der Waals surface area contributed by atoms with Crippen LogP contribution >= 0.6 is 59.2 Å². The highest BCUT2D eigenvalue weighted by Crippen LogP contribution is 2.41. The average molecular weight is 468 g/mol. The molecule has 1 aromatic rings. The second-order valence-corrected chi connectivity index (χ2v) is 8.59. The van der Waals surface area contributed by atoms with Gasteiger partial charge in [0.25, 0.3) is 5.91 Å². The van der Waals surface area contributed by atoms with E-state index in [1.165, 1.54) is 22.7 Å². The number of nitrogens with zero attached hydrogens (tertiary/aromatic N) is 1. The summed E-state index contributed by atoms with van der Waals surface area (Å²) >= 11 is 23.5. The zero-order chi connectivity index (χ0) is 19.9. The van der Waals surface area contributed by atoms with E-state index in [-0.39, 0.29) is 11.6 Å². The molecular weight excluding hydrogens is 455 g/mol. The Kier molecular flexibility index (Phi) is 6.22. The lowest BCUT2D eigenvalue weighted by molar-refractivity contribution is -0.150. The molecule has 1 saturated heterocycles. The first-order valence-corrected chi connectivity index (χ1v) is 10.5. The number of halogens is 3. The van der Waals surface area contributed by atoms with E-state index < -0.39 is 34.4 Å². The molecule has 6 nitrogen and oxygen atoms in total. The van der Waals surface area contributed by atoms with Gasteiger partial charge in [-0.3, -0.25) is 14.5 Å². The van der Waals surface area contributed by atoms with Crippen LogP contribution in [0.4, 0.5) is 0 Å². The third-order valence-corrected chi connectivity index (χ3v) is 6.96. The van der Waals surface area contributed by atoms with Crippen LogP contribution < -0.4 is 5.32 Å². The molecule has 0 saturated carbocycles. The standard InChI is InChI=1S/C16H13Cl3N2O4S2/c17-4-6-5-27-15-10(14(23)21(15)11(6)16(24)25)20-13(22)12(26)8-3-7(18)1-2-9(8)19/h1-3,10,12,15,26H,4-5H2,(H,20,22)(H,24,25)/t10?,12?,15-/m1/s1. The number of aliphatic carboxylic acids is 1. The van der Waals surface area contributed by atoms with Crippen molar-refractivity contribution in [3.05, 3.63) is 45.1 Å². The molecule has 1 fully saturated rings. The topological polar surface area (TPSA) is 86.7 Å². The first-order valence-electron chi connectivity index (χ1n) is 7.65. The highest BCUT2D eigenvalue weighted by molar-refractivity contribution is 8.00. The number of benzene rings is 1. The second kappa shape index (κ2) is 8.13. The summed E-state index contributed by atoms with van der Waals surface area (Å²) in [5.41, 5.74) is 0.784. The van der Waals surface area contributed by atoms with Gasteiger partial charge in [-0.25, -0.2) is 4.79 Å². The first-order chi connectivity index (χ1) is 12.8. The molecule has 27 heavy (non-hydrogen) atoms. The quantitative estimate of drug-likeness (QED) is 0.352. The summed E-state index contributed by atoms with van der Waals surface area (Å²) < 4.78 is 0. The van der Waals surface area contributed by atoms with Gasteiger partial charge in [0.2, 0.25) is 5.91 Å². The van der Waals surface area contributed by atoms with E-state index in [0.29, 0.717) is 26.9 Å². The Bertz CT molecular complexity index is 864. The number of amides is 2. The van der Waals surface area contributed by atoms with E-state index >= 15 is 0 Å². The van der Waals surface area contributed by atoms with E-state index in [1.807, 2.05) is 0 Å². The van der Waals surface area contributed by atoms with E-state index in [0.717, 1.165) is 0 Å². The Labute approximate surface area is 179 Å². The Hall–Kier alpha value is -1.06. The summed E-state index contributed by atoms with van der Waals surface area (Å²) in [6.07, 6.45) is 0. The Morgan fingerprint density at radius 3 is 2.74 bits per heavy atom. The molecule has 144 valence electrons. The number of alkyl halides is 1. The SMILES string of the molecule is O=C(O)C1=C(CCl)CS[C@@H]2C(NC(=O)C(S)c3cc(Cl)ccc3Cl)C(=O)N12. The van der Waals surface area contributed by atoms with Crippen LogP contribution in [0, 0.1) is 0 Å². The van der Waals surface area contributed by atoms with Gasteiger partial charge in [0.1, 0.15) is 22.4 Å². The van der Waals surface area contributed by atoms with Crippen molar-refractivity contribution in [2.75, 3.05) is 11.6 Å². The summed E-state index contributed by atoms with van der Waals surface area (Å²) in [5.74, 6) is -1.85. The van der Waals surface area contributed by atoms with Crippen LogP contribution in [0.5, 0.6) is 0 Å². The number of β-lactam (4-membered cyclic amide) rings is 1. The molecule has 2 N–H and O–H groups in total. The van der Waals surface area contributed by atoms with Crippen LogP contribution in [0.15, 0.2) is 29.5 Å². The maximum absolute atomic E-state index is 12.5. The monoisotopic (exact) mass is 466 g/mol. The van der Waals surface area contributed by atoms with Crippen molar-refractivity contribution in [3.8, 4) is 0 Å². The van der Waals surface area contributed by atoms with Crippen molar-refractivity contribution in [2.45, 2.75) is 16.7 Å². The molecule has 3 rings (SSSR count). The van der Waals surface area contributed by atoms with Gasteiger partial charge in [-0.05, 0) is 29.3 Å². The number of thiol groups is 1. The van der Waals surface area contributed by atoms with Gasteiger partial charge in [-0.15, -0.1) is 23.4 Å². The Morgan fingerprint density at radius 2 is 2.11 bits per heavy atom. The largest absolute Gasteiger partial charge is 0.477 e. The minimum absolute atomic E-state index is 0.0220. The van der Waals surface area contributed by atoms with Crippen LogP contribution in [0.2, 0.25) is 10.0 Å². The average Bonchev–Trinajstić information content (AvgIpc) is 2.65. The van der Waals surface area contributed by atoms with E-state index in [9.17, 15) is 19.5 Å². The van der Waals surface area contributed by atoms with Crippen molar-refractivity contribution in [2.24, 2.45) is 0 Å². The molecule has 2 aliphatic heterocycles. The number of thioether (sulfide) groups is 1. The molecule has 1 aromatic carbocycles. The number of carboxylic acid groups (broad SMARTS) is 1. The van der Waals surface area contributed by atoms with Gasteiger partial charge in [0.15, 0.2) is 0 Å². The summed E-state index contributed by atoms with van der Waals surface area (Å²) in [4.78, 5) is 37.7. The molecule has 2 amide bonds. The van der Waals surface area contributed by atoms with Crippen molar-refractivity contribution in [1.29, 1.82) is 0 Å². The number of hydrogen-bond donors (Lipinski definition) is 3. The van der Waals surface area contributed by atoms with Crippen molar-refractivity contribution >= 4 is 77.0 Å². The van der Waals surface area contributed by atoms with Crippen LogP contribution in [0.25, 0.3) is 0 Å². The molecule has 2 unspecified atom stereocenters. The smallest absolute Gasteiger partial charge is 0.352 e. The number of carboxylic acids is 1. The summed E-state index contributed by atoms with van der Waals surface area (Å²) in [6, 6.07) is 3.83. The third kappa shape index (κ3) is 3.78. The first kappa shape index (κ1) is 20.7. The van der Waals surface area contributed by atoms with Crippen molar-refractivity contribution in [3.63, 3.8) is 0 Å². The lowest BCUT2D eigenvalue weighted by atomic mass is 10.0. The van der Waals surface area contributed by atoms with Gasteiger partial charge in [0, 0.05) is 21.7 Å². The molecule has 2 aliphatic rings. The van der Waals surface area contributed by atoms with Crippen LogP contribution in [-0.4, -0.2) is 50.8 Å². The molecule has 0 aromatic heterocycles. The molecule has 3 atom stereocenters. The fourth-order valence-electron chi connectivity index (χ4n) is 2.88. The van der Waals surface area contributed by atoms with Crippen molar-refractivity contribution < 1.29 is 19.5 Å². The lowest BCUT2D eigenvalue weighted by Gasteiger charge is -2.49. The molecule has 0 spiro atoms. The zero-order valence-corrected chi connectivity index (χ0v) is 17.5.